The lowest BCUT2D eigenvalue weighted by Crippen LogP contribution is -2.24. The molecule has 6 heteroatoms. The van der Waals surface area contributed by atoms with Gasteiger partial charge in [0, 0.05) is 24.3 Å². The minimum absolute atomic E-state index is 0. The first-order chi connectivity index (χ1) is 11.0. The Morgan fingerprint density at radius 1 is 1.12 bits per heavy atom. The van der Waals surface area contributed by atoms with Crippen molar-refractivity contribution in [1.29, 1.82) is 0 Å². The average molecular weight is 384 g/mol. The molecule has 2 aromatic carbocycles. The third-order valence-corrected chi connectivity index (χ3v) is 3.94. The van der Waals surface area contributed by atoms with E-state index in [0.717, 1.165) is 24.2 Å². The maximum atomic E-state index is 12.3. The Morgan fingerprint density at radius 2 is 1.80 bits per heavy atom. The van der Waals surface area contributed by atoms with Gasteiger partial charge in [0.15, 0.2) is 0 Å². The van der Waals surface area contributed by atoms with Crippen LogP contribution in [0.4, 0.5) is 5.69 Å². The quantitative estimate of drug-likeness (QED) is 0.745. The first-order valence-electron chi connectivity index (χ1n) is 7.90. The number of amides is 1. The predicted octanol–water partition coefficient (Wildman–Crippen LogP) is 3.80. The van der Waals surface area contributed by atoms with E-state index in [-0.39, 0.29) is 30.7 Å². The fourth-order valence-corrected chi connectivity index (χ4v) is 2.42. The van der Waals surface area contributed by atoms with Crippen LogP contribution in [0, 0.1) is 6.92 Å². The molecule has 4 nitrogen and oxygen atoms in total. The number of nitrogen functional groups attached to an aromatic ring is 1. The van der Waals surface area contributed by atoms with Gasteiger partial charge in [-0.05, 0) is 49.3 Å². The van der Waals surface area contributed by atoms with Crippen molar-refractivity contribution in [3.05, 3.63) is 64.7 Å². The third-order valence-electron chi connectivity index (χ3n) is 3.94. The van der Waals surface area contributed by atoms with Crippen LogP contribution in [0.15, 0.2) is 42.5 Å². The van der Waals surface area contributed by atoms with Gasteiger partial charge in [0.25, 0.3) is 5.91 Å². The summed E-state index contributed by atoms with van der Waals surface area (Å²) in [6.45, 7) is 6.48. The number of nitrogens with one attached hydrogen (secondary N) is 1. The van der Waals surface area contributed by atoms with E-state index in [4.69, 9.17) is 5.73 Å². The van der Waals surface area contributed by atoms with Crippen LogP contribution in [0.5, 0.6) is 0 Å². The summed E-state index contributed by atoms with van der Waals surface area (Å²) in [5.74, 6) is -0.0918. The lowest BCUT2D eigenvalue weighted by atomic mass is 10.1. The number of anilines is 1. The van der Waals surface area contributed by atoms with Gasteiger partial charge in [-0.1, -0.05) is 37.3 Å². The molecule has 0 heterocycles. The summed E-state index contributed by atoms with van der Waals surface area (Å²) in [6, 6.07) is 13.7. The van der Waals surface area contributed by atoms with Crippen molar-refractivity contribution >= 4 is 36.4 Å². The molecule has 0 radical (unpaired) electrons. The van der Waals surface area contributed by atoms with Gasteiger partial charge in [0.05, 0.1) is 0 Å². The Bertz CT molecular complexity index is 692. The molecule has 0 unspecified atom stereocenters. The van der Waals surface area contributed by atoms with Crippen LogP contribution in [-0.2, 0) is 13.1 Å². The maximum Gasteiger partial charge on any atom is 0.251 e. The molecule has 0 saturated heterocycles. The van der Waals surface area contributed by atoms with E-state index in [1.54, 1.807) is 12.1 Å². The lowest BCUT2D eigenvalue weighted by molar-refractivity contribution is 0.0950. The molecule has 0 aliphatic carbocycles. The highest BCUT2D eigenvalue weighted by molar-refractivity contribution is 5.96. The number of hydrogen-bond acceptors (Lipinski definition) is 3. The molecule has 0 saturated carbocycles. The largest absolute Gasteiger partial charge is 0.399 e. The second kappa shape index (κ2) is 11.0. The van der Waals surface area contributed by atoms with Crippen LogP contribution >= 0.6 is 24.8 Å². The highest BCUT2D eigenvalue weighted by Crippen LogP contribution is 2.13. The van der Waals surface area contributed by atoms with Crippen molar-refractivity contribution in [1.82, 2.24) is 10.2 Å². The fourth-order valence-electron chi connectivity index (χ4n) is 2.42. The molecule has 0 atom stereocenters. The topological polar surface area (TPSA) is 58.4 Å². The van der Waals surface area contributed by atoms with Gasteiger partial charge in [0.2, 0.25) is 0 Å². The molecule has 3 N–H and O–H groups in total. The maximum absolute atomic E-state index is 12.3. The van der Waals surface area contributed by atoms with Crippen molar-refractivity contribution in [3.8, 4) is 0 Å². The minimum atomic E-state index is -0.0918. The Labute approximate surface area is 162 Å². The summed E-state index contributed by atoms with van der Waals surface area (Å²) >= 11 is 0. The first-order valence-corrected chi connectivity index (χ1v) is 7.90. The van der Waals surface area contributed by atoms with Crippen molar-refractivity contribution < 1.29 is 4.79 Å². The van der Waals surface area contributed by atoms with Crippen LogP contribution < -0.4 is 11.1 Å². The number of carbonyl (C=O) groups excluding carboxylic acids is 1. The lowest BCUT2D eigenvalue weighted by Gasteiger charge is -2.14. The molecule has 0 aliphatic heterocycles. The van der Waals surface area contributed by atoms with E-state index in [9.17, 15) is 4.79 Å². The number of halogens is 2. The zero-order valence-corrected chi connectivity index (χ0v) is 16.5. The van der Waals surface area contributed by atoms with Gasteiger partial charge in [-0.15, -0.1) is 24.8 Å². The van der Waals surface area contributed by atoms with Crippen LogP contribution in [0.3, 0.4) is 0 Å². The zero-order chi connectivity index (χ0) is 16.8. The SMILES string of the molecule is CCN(C)Cc1cccc(CNC(=O)c2cc(N)ccc2C)c1.Cl.Cl. The minimum Gasteiger partial charge on any atom is -0.399 e. The number of benzene rings is 2. The number of hydrogen-bond donors (Lipinski definition) is 2. The Hall–Kier alpha value is -1.75. The number of aryl methyl sites for hydroxylation is 1. The van der Waals surface area contributed by atoms with Gasteiger partial charge in [0.1, 0.15) is 0 Å². The zero-order valence-electron chi connectivity index (χ0n) is 14.9. The molecule has 2 rings (SSSR count). The van der Waals surface area contributed by atoms with E-state index in [1.807, 2.05) is 25.1 Å². The molecule has 0 spiro atoms. The second-order valence-electron chi connectivity index (χ2n) is 5.91. The van der Waals surface area contributed by atoms with Crippen LogP contribution in [-0.4, -0.2) is 24.4 Å². The number of nitrogens with two attached hydrogens (primary N) is 1. The summed E-state index contributed by atoms with van der Waals surface area (Å²) in [4.78, 5) is 14.6. The van der Waals surface area contributed by atoms with Crippen molar-refractivity contribution in [2.75, 3.05) is 19.3 Å². The van der Waals surface area contributed by atoms with Crippen LogP contribution in [0.1, 0.15) is 34.0 Å². The molecule has 0 fully saturated rings. The van der Waals surface area contributed by atoms with Gasteiger partial charge < -0.3 is 16.0 Å². The summed E-state index contributed by atoms with van der Waals surface area (Å²) in [5, 5.41) is 2.97. The smallest absolute Gasteiger partial charge is 0.251 e. The monoisotopic (exact) mass is 383 g/mol. The van der Waals surface area contributed by atoms with Gasteiger partial charge in [-0.25, -0.2) is 0 Å². The fraction of sp³-hybridized carbons (Fsp3) is 0.316. The van der Waals surface area contributed by atoms with E-state index in [2.05, 4.69) is 36.3 Å². The molecule has 1 amide bonds. The standard InChI is InChI=1S/C19H25N3O.2ClH/c1-4-22(3)13-16-7-5-6-15(10-16)12-21-19(23)18-11-17(20)9-8-14(18)2;;/h5-11H,4,12-13,20H2,1-3H3,(H,21,23);2*1H. The number of carbonyl (C=O) groups is 1. The molecule has 0 aromatic heterocycles. The molecule has 2 aromatic rings. The van der Waals surface area contributed by atoms with Gasteiger partial charge in [-0.2, -0.15) is 0 Å². The third kappa shape index (κ3) is 6.94. The predicted molar refractivity (Wildman–Crippen MR) is 110 cm³/mol. The molecule has 25 heavy (non-hydrogen) atoms. The van der Waals surface area contributed by atoms with Gasteiger partial charge >= 0.3 is 0 Å². The van der Waals surface area contributed by atoms with Crippen LogP contribution in [0.2, 0.25) is 0 Å². The first kappa shape index (κ1) is 23.2. The molecule has 138 valence electrons. The molecular formula is C19H27Cl2N3O. The van der Waals surface area contributed by atoms with Crippen molar-refractivity contribution in [2.24, 2.45) is 0 Å². The summed E-state index contributed by atoms with van der Waals surface area (Å²) in [7, 11) is 2.09. The average Bonchev–Trinajstić information content (AvgIpc) is 2.55. The summed E-state index contributed by atoms with van der Waals surface area (Å²) in [5.41, 5.74) is 10.3. The molecular weight excluding hydrogens is 357 g/mol. The van der Waals surface area contributed by atoms with Gasteiger partial charge in [-0.3, -0.25) is 4.79 Å². The Kier molecular flexibility index (Phi) is 10.2. The highest BCUT2D eigenvalue weighted by atomic mass is 35.5. The molecule has 0 aliphatic rings. The molecule has 0 bridgehead atoms. The highest BCUT2D eigenvalue weighted by Gasteiger charge is 2.09. The van der Waals surface area contributed by atoms with Crippen molar-refractivity contribution in [2.45, 2.75) is 26.9 Å². The number of rotatable bonds is 6. The van der Waals surface area contributed by atoms with E-state index in [1.165, 1.54) is 5.56 Å². The summed E-state index contributed by atoms with van der Waals surface area (Å²) in [6.07, 6.45) is 0. The Balaban J connectivity index is 0.00000288. The van der Waals surface area contributed by atoms with E-state index < -0.39 is 0 Å². The van der Waals surface area contributed by atoms with Crippen LogP contribution in [0.25, 0.3) is 0 Å². The Morgan fingerprint density at radius 3 is 2.48 bits per heavy atom. The van der Waals surface area contributed by atoms with Crippen molar-refractivity contribution in [3.63, 3.8) is 0 Å². The normalized spacial score (nSPS) is 9.92. The van der Waals surface area contributed by atoms with E-state index in [0.29, 0.717) is 17.8 Å². The van der Waals surface area contributed by atoms with E-state index >= 15 is 0 Å². The second-order valence-corrected chi connectivity index (χ2v) is 5.91. The summed E-state index contributed by atoms with van der Waals surface area (Å²) < 4.78 is 0. The number of nitrogens with zero attached hydrogens (tertiary/aromatic N) is 1.